The standard InChI is InChI=1S/C19H27FN2O3/c1-19(2,3)25-18(23)22-9-10-24-12-13(22)11-21-17-8-7-14-15(17)5-4-6-16(14)20/h4-6,13,17,21H,7-12H2,1-3H3. The van der Waals surface area contributed by atoms with Crippen LogP contribution in [0, 0.1) is 5.82 Å². The van der Waals surface area contributed by atoms with Crippen molar-refractivity contribution >= 4 is 6.09 Å². The van der Waals surface area contributed by atoms with E-state index in [1.54, 1.807) is 11.0 Å². The summed E-state index contributed by atoms with van der Waals surface area (Å²) < 4.78 is 24.9. The molecule has 2 unspecified atom stereocenters. The smallest absolute Gasteiger partial charge is 0.410 e. The normalized spacial score (nSPS) is 23.4. The summed E-state index contributed by atoms with van der Waals surface area (Å²) in [5.41, 5.74) is 1.32. The Hall–Kier alpha value is -1.66. The number of halogens is 1. The maximum absolute atomic E-state index is 13.9. The van der Waals surface area contributed by atoms with Gasteiger partial charge in [-0.1, -0.05) is 12.1 Å². The Labute approximate surface area is 148 Å². The van der Waals surface area contributed by atoms with Gasteiger partial charge in [0, 0.05) is 19.1 Å². The summed E-state index contributed by atoms with van der Waals surface area (Å²) in [5.74, 6) is -0.127. The first-order valence-electron chi connectivity index (χ1n) is 8.93. The maximum atomic E-state index is 13.9. The molecule has 0 saturated carbocycles. The fourth-order valence-electron chi connectivity index (χ4n) is 3.48. The van der Waals surface area contributed by atoms with Crippen molar-refractivity contribution in [2.24, 2.45) is 0 Å². The van der Waals surface area contributed by atoms with E-state index in [0.29, 0.717) is 26.3 Å². The molecule has 1 aromatic rings. The molecule has 0 radical (unpaired) electrons. The zero-order valence-corrected chi connectivity index (χ0v) is 15.2. The number of nitrogens with one attached hydrogen (secondary N) is 1. The summed E-state index contributed by atoms with van der Waals surface area (Å²) >= 11 is 0. The van der Waals surface area contributed by atoms with Gasteiger partial charge in [0.15, 0.2) is 0 Å². The van der Waals surface area contributed by atoms with Gasteiger partial charge in [0.1, 0.15) is 11.4 Å². The van der Waals surface area contributed by atoms with Crippen LogP contribution in [0.15, 0.2) is 18.2 Å². The number of morpholine rings is 1. The molecule has 2 aliphatic rings. The van der Waals surface area contributed by atoms with Crippen LogP contribution >= 0.6 is 0 Å². The molecule has 1 heterocycles. The number of benzene rings is 1. The second-order valence-corrected chi connectivity index (χ2v) is 7.71. The number of fused-ring (bicyclic) bond motifs is 1. The summed E-state index contributed by atoms with van der Waals surface area (Å²) in [6.45, 7) is 7.72. The molecule has 3 rings (SSSR count). The SMILES string of the molecule is CC(C)(C)OC(=O)N1CCOCC1CNC1CCc2c(F)cccc21. The van der Waals surface area contributed by atoms with Crippen molar-refractivity contribution in [1.29, 1.82) is 0 Å². The van der Waals surface area contributed by atoms with Gasteiger partial charge < -0.3 is 14.8 Å². The number of hydrogen-bond acceptors (Lipinski definition) is 4. The molecule has 0 aromatic heterocycles. The Morgan fingerprint density at radius 3 is 3.00 bits per heavy atom. The van der Waals surface area contributed by atoms with Crippen molar-refractivity contribution in [2.45, 2.75) is 51.3 Å². The van der Waals surface area contributed by atoms with Crippen molar-refractivity contribution in [3.05, 3.63) is 35.1 Å². The van der Waals surface area contributed by atoms with Gasteiger partial charge in [-0.15, -0.1) is 0 Å². The van der Waals surface area contributed by atoms with Crippen molar-refractivity contribution < 1.29 is 18.7 Å². The van der Waals surface area contributed by atoms with Crippen molar-refractivity contribution in [3.8, 4) is 0 Å². The molecular weight excluding hydrogens is 323 g/mol. The Bertz CT molecular complexity index is 630. The van der Waals surface area contributed by atoms with Crippen LogP contribution in [0.1, 0.15) is 44.4 Å². The van der Waals surface area contributed by atoms with Crippen LogP contribution < -0.4 is 5.32 Å². The topological polar surface area (TPSA) is 50.8 Å². The van der Waals surface area contributed by atoms with Crippen LogP contribution in [0.25, 0.3) is 0 Å². The number of carbonyl (C=O) groups excluding carboxylic acids is 1. The van der Waals surface area contributed by atoms with Gasteiger partial charge in [0.05, 0.1) is 19.3 Å². The lowest BCUT2D eigenvalue weighted by Crippen LogP contribution is -2.54. The minimum atomic E-state index is -0.519. The molecule has 0 spiro atoms. The molecule has 1 fully saturated rings. The number of ether oxygens (including phenoxy) is 2. The van der Waals surface area contributed by atoms with E-state index in [1.165, 1.54) is 6.07 Å². The minimum Gasteiger partial charge on any atom is -0.444 e. The van der Waals surface area contributed by atoms with E-state index in [4.69, 9.17) is 9.47 Å². The van der Waals surface area contributed by atoms with E-state index in [-0.39, 0.29) is 24.0 Å². The Morgan fingerprint density at radius 1 is 1.44 bits per heavy atom. The Balaban J connectivity index is 1.62. The largest absolute Gasteiger partial charge is 0.444 e. The van der Waals surface area contributed by atoms with Crippen LogP contribution in [0.2, 0.25) is 0 Å². The highest BCUT2D eigenvalue weighted by atomic mass is 19.1. The molecule has 6 heteroatoms. The van der Waals surface area contributed by atoms with Crippen molar-refractivity contribution in [3.63, 3.8) is 0 Å². The first-order chi connectivity index (χ1) is 11.8. The average molecular weight is 350 g/mol. The van der Waals surface area contributed by atoms with Gasteiger partial charge >= 0.3 is 6.09 Å². The van der Waals surface area contributed by atoms with Gasteiger partial charge in [-0.25, -0.2) is 9.18 Å². The van der Waals surface area contributed by atoms with Gasteiger partial charge in [0.2, 0.25) is 0 Å². The highest BCUT2D eigenvalue weighted by Gasteiger charge is 2.32. The highest BCUT2D eigenvalue weighted by molar-refractivity contribution is 5.68. The Morgan fingerprint density at radius 2 is 2.24 bits per heavy atom. The number of amides is 1. The molecule has 25 heavy (non-hydrogen) atoms. The molecule has 0 bridgehead atoms. The summed E-state index contributed by atoms with van der Waals surface area (Å²) in [4.78, 5) is 14.2. The number of nitrogens with zero attached hydrogens (tertiary/aromatic N) is 1. The van der Waals surface area contributed by atoms with E-state index < -0.39 is 5.60 Å². The van der Waals surface area contributed by atoms with E-state index in [2.05, 4.69) is 5.32 Å². The summed E-state index contributed by atoms with van der Waals surface area (Å²) in [6, 6.07) is 5.28. The molecule has 1 saturated heterocycles. The summed E-state index contributed by atoms with van der Waals surface area (Å²) in [5, 5.41) is 3.49. The fraction of sp³-hybridized carbons (Fsp3) is 0.632. The highest BCUT2D eigenvalue weighted by Crippen LogP contribution is 2.32. The van der Waals surface area contributed by atoms with Crippen LogP contribution in [0.3, 0.4) is 0 Å². The number of carbonyl (C=O) groups is 1. The third kappa shape index (κ3) is 4.30. The minimum absolute atomic E-state index is 0.0822. The zero-order chi connectivity index (χ0) is 18.0. The molecule has 2 atom stereocenters. The van der Waals surface area contributed by atoms with E-state index in [1.807, 2.05) is 26.8 Å². The number of hydrogen-bond donors (Lipinski definition) is 1. The van der Waals surface area contributed by atoms with Gasteiger partial charge in [-0.2, -0.15) is 0 Å². The summed E-state index contributed by atoms with van der Waals surface area (Å²) in [6.07, 6.45) is 1.31. The lowest BCUT2D eigenvalue weighted by molar-refractivity contribution is -0.0322. The van der Waals surface area contributed by atoms with Crippen LogP contribution in [0.5, 0.6) is 0 Å². The second-order valence-electron chi connectivity index (χ2n) is 7.71. The number of rotatable bonds is 3. The zero-order valence-electron chi connectivity index (χ0n) is 15.2. The van der Waals surface area contributed by atoms with Crippen LogP contribution in [0.4, 0.5) is 9.18 Å². The van der Waals surface area contributed by atoms with Gasteiger partial charge in [-0.05, 0) is 50.8 Å². The first-order valence-corrected chi connectivity index (χ1v) is 8.93. The molecule has 1 aliphatic carbocycles. The predicted octanol–water partition coefficient (Wildman–Crippen LogP) is 3.04. The van der Waals surface area contributed by atoms with Crippen LogP contribution in [-0.2, 0) is 15.9 Å². The van der Waals surface area contributed by atoms with E-state index in [0.717, 1.165) is 24.0 Å². The van der Waals surface area contributed by atoms with Crippen molar-refractivity contribution in [1.82, 2.24) is 10.2 Å². The van der Waals surface area contributed by atoms with E-state index in [9.17, 15) is 9.18 Å². The molecule has 138 valence electrons. The quantitative estimate of drug-likeness (QED) is 0.910. The predicted molar refractivity (Wildman–Crippen MR) is 93.0 cm³/mol. The molecule has 5 nitrogen and oxygen atoms in total. The van der Waals surface area contributed by atoms with Gasteiger partial charge in [0.25, 0.3) is 0 Å². The molecule has 1 N–H and O–H groups in total. The molecule has 1 aromatic carbocycles. The first kappa shape index (κ1) is 18.1. The average Bonchev–Trinajstić information content (AvgIpc) is 2.96. The Kier molecular flexibility index (Phi) is 5.29. The monoisotopic (exact) mass is 350 g/mol. The molecule has 1 aliphatic heterocycles. The lowest BCUT2D eigenvalue weighted by Gasteiger charge is -2.37. The summed E-state index contributed by atoms with van der Waals surface area (Å²) in [7, 11) is 0. The van der Waals surface area contributed by atoms with Crippen LogP contribution in [-0.4, -0.2) is 48.9 Å². The third-order valence-electron chi connectivity index (χ3n) is 4.67. The lowest BCUT2D eigenvalue weighted by atomic mass is 10.1. The molecule has 1 amide bonds. The maximum Gasteiger partial charge on any atom is 0.410 e. The van der Waals surface area contributed by atoms with E-state index >= 15 is 0 Å². The second kappa shape index (κ2) is 7.30. The molecular formula is C19H27FN2O3. The van der Waals surface area contributed by atoms with Crippen molar-refractivity contribution in [2.75, 3.05) is 26.3 Å². The third-order valence-corrected chi connectivity index (χ3v) is 4.67. The fourth-order valence-corrected chi connectivity index (χ4v) is 3.48. The van der Waals surface area contributed by atoms with Gasteiger partial charge in [-0.3, -0.25) is 4.90 Å².